The van der Waals surface area contributed by atoms with Crippen molar-refractivity contribution in [2.24, 2.45) is 10.2 Å². The molecule has 0 saturated carbocycles. The SMILES string of the molecule is O=C1N=Nc2ccc3ccncc3c21. The molecular weight excluding hydrogens is 178 g/mol. The maximum Gasteiger partial charge on any atom is 0.298 e. The molecule has 66 valence electrons. The van der Waals surface area contributed by atoms with Gasteiger partial charge in [-0.25, -0.2) is 0 Å². The third-order valence-corrected chi connectivity index (χ3v) is 2.26. The Bertz CT molecular complexity index is 575. The number of aromatic nitrogens is 1. The van der Waals surface area contributed by atoms with E-state index in [-0.39, 0.29) is 5.91 Å². The van der Waals surface area contributed by atoms with Crippen molar-refractivity contribution in [3.63, 3.8) is 0 Å². The highest BCUT2D eigenvalue weighted by atomic mass is 16.2. The normalized spacial score (nSPS) is 13.6. The first-order chi connectivity index (χ1) is 6.86. The second kappa shape index (κ2) is 2.45. The molecule has 1 aliphatic rings. The molecule has 0 N–H and O–H groups in total. The maximum atomic E-state index is 11.4. The van der Waals surface area contributed by atoms with Crippen LogP contribution in [0.4, 0.5) is 5.69 Å². The molecule has 0 aliphatic carbocycles. The van der Waals surface area contributed by atoms with Crippen LogP contribution < -0.4 is 0 Å². The van der Waals surface area contributed by atoms with Gasteiger partial charge in [-0.05, 0) is 17.5 Å². The number of carbonyl (C=O) groups is 1. The highest BCUT2D eigenvalue weighted by Gasteiger charge is 2.19. The van der Waals surface area contributed by atoms with E-state index in [1.165, 1.54) is 0 Å². The fourth-order valence-corrected chi connectivity index (χ4v) is 1.61. The van der Waals surface area contributed by atoms with Crippen molar-refractivity contribution in [2.75, 3.05) is 0 Å². The lowest BCUT2D eigenvalue weighted by molar-refractivity contribution is 0.100. The number of nitrogens with zero attached hydrogens (tertiary/aromatic N) is 3. The van der Waals surface area contributed by atoms with E-state index in [1.807, 2.05) is 12.1 Å². The van der Waals surface area contributed by atoms with Crippen molar-refractivity contribution >= 4 is 22.4 Å². The van der Waals surface area contributed by atoms with Gasteiger partial charge in [-0.15, -0.1) is 10.2 Å². The van der Waals surface area contributed by atoms with Gasteiger partial charge in [-0.2, -0.15) is 0 Å². The summed E-state index contributed by atoms with van der Waals surface area (Å²) in [6.45, 7) is 0. The Kier molecular flexibility index (Phi) is 1.28. The highest BCUT2D eigenvalue weighted by Crippen LogP contribution is 2.32. The zero-order valence-corrected chi connectivity index (χ0v) is 7.14. The second-order valence-electron chi connectivity index (χ2n) is 3.06. The molecule has 4 nitrogen and oxygen atoms in total. The fourth-order valence-electron chi connectivity index (χ4n) is 1.61. The molecule has 0 radical (unpaired) electrons. The summed E-state index contributed by atoms with van der Waals surface area (Å²) >= 11 is 0. The number of carbonyl (C=O) groups excluding carboxylic acids is 1. The van der Waals surface area contributed by atoms with Crippen LogP contribution in [0, 0.1) is 0 Å². The number of rotatable bonds is 0. The molecule has 0 unspecified atom stereocenters. The summed E-state index contributed by atoms with van der Waals surface area (Å²) in [5, 5.41) is 9.10. The summed E-state index contributed by atoms with van der Waals surface area (Å²) in [7, 11) is 0. The number of azo groups is 1. The van der Waals surface area contributed by atoms with Gasteiger partial charge in [-0.3, -0.25) is 9.78 Å². The fraction of sp³-hybridized carbons (Fsp3) is 0. The molecule has 1 amide bonds. The summed E-state index contributed by atoms with van der Waals surface area (Å²) in [6, 6.07) is 5.57. The Balaban J connectivity index is 2.50. The van der Waals surface area contributed by atoms with Gasteiger partial charge in [0.25, 0.3) is 5.91 Å². The lowest BCUT2D eigenvalue weighted by Gasteiger charge is -1.99. The van der Waals surface area contributed by atoms with E-state index in [2.05, 4.69) is 15.2 Å². The average molecular weight is 183 g/mol. The molecule has 1 aromatic carbocycles. The zero-order chi connectivity index (χ0) is 9.54. The maximum absolute atomic E-state index is 11.4. The van der Waals surface area contributed by atoms with Crippen LogP contribution in [0.3, 0.4) is 0 Å². The number of pyridine rings is 1. The Morgan fingerprint density at radius 2 is 2.00 bits per heavy atom. The Morgan fingerprint density at radius 3 is 2.93 bits per heavy atom. The van der Waals surface area contributed by atoms with Gasteiger partial charge in [0.05, 0.1) is 11.3 Å². The van der Waals surface area contributed by atoms with E-state index in [0.717, 1.165) is 10.8 Å². The first kappa shape index (κ1) is 7.32. The largest absolute Gasteiger partial charge is 0.298 e. The van der Waals surface area contributed by atoms with Crippen LogP contribution >= 0.6 is 0 Å². The molecule has 3 rings (SSSR count). The summed E-state index contributed by atoms with van der Waals surface area (Å²) in [4.78, 5) is 15.4. The molecule has 0 fully saturated rings. The Morgan fingerprint density at radius 1 is 1.07 bits per heavy atom. The van der Waals surface area contributed by atoms with Crippen molar-refractivity contribution < 1.29 is 4.79 Å². The summed E-state index contributed by atoms with van der Waals surface area (Å²) in [6.07, 6.45) is 3.37. The smallest absolute Gasteiger partial charge is 0.265 e. The molecule has 14 heavy (non-hydrogen) atoms. The number of amides is 1. The number of benzene rings is 1. The van der Waals surface area contributed by atoms with Gasteiger partial charge in [0, 0.05) is 17.8 Å². The summed E-state index contributed by atoms with van der Waals surface area (Å²) < 4.78 is 0. The molecule has 2 aromatic rings. The van der Waals surface area contributed by atoms with Crippen LogP contribution in [0.1, 0.15) is 10.4 Å². The van der Waals surface area contributed by atoms with Gasteiger partial charge in [0.2, 0.25) is 0 Å². The van der Waals surface area contributed by atoms with Crippen LogP contribution in [0.25, 0.3) is 10.8 Å². The molecule has 0 bridgehead atoms. The predicted octanol–water partition coefficient (Wildman–Crippen LogP) is 2.47. The van der Waals surface area contributed by atoms with Gasteiger partial charge in [-0.1, -0.05) is 6.07 Å². The van der Waals surface area contributed by atoms with E-state index in [4.69, 9.17) is 0 Å². The van der Waals surface area contributed by atoms with Crippen molar-refractivity contribution in [1.29, 1.82) is 0 Å². The van der Waals surface area contributed by atoms with Crippen molar-refractivity contribution in [3.05, 3.63) is 36.2 Å². The number of fused-ring (bicyclic) bond motifs is 3. The van der Waals surface area contributed by atoms with Crippen LogP contribution in [0.15, 0.2) is 40.8 Å². The van der Waals surface area contributed by atoms with E-state index < -0.39 is 0 Å². The minimum Gasteiger partial charge on any atom is -0.265 e. The third-order valence-electron chi connectivity index (χ3n) is 2.26. The molecular formula is C10H5N3O. The van der Waals surface area contributed by atoms with Gasteiger partial charge >= 0.3 is 0 Å². The van der Waals surface area contributed by atoms with Gasteiger partial charge < -0.3 is 0 Å². The van der Waals surface area contributed by atoms with Crippen LogP contribution in [0.5, 0.6) is 0 Å². The molecule has 0 spiro atoms. The molecule has 0 saturated heterocycles. The molecule has 2 heterocycles. The van der Waals surface area contributed by atoms with Gasteiger partial charge in [0.1, 0.15) is 0 Å². The van der Waals surface area contributed by atoms with E-state index in [0.29, 0.717) is 11.3 Å². The molecule has 1 aliphatic heterocycles. The highest BCUT2D eigenvalue weighted by molar-refractivity contribution is 6.12. The van der Waals surface area contributed by atoms with Crippen LogP contribution in [-0.4, -0.2) is 10.9 Å². The minimum absolute atomic E-state index is 0.279. The number of hydrogen-bond donors (Lipinski definition) is 0. The standard InChI is InChI=1S/C10H5N3O/c14-10-9-7-5-11-4-3-6(7)1-2-8(9)12-13-10/h1-5H. The lowest BCUT2D eigenvalue weighted by atomic mass is 10.1. The summed E-state index contributed by atoms with van der Waals surface area (Å²) in [5.41, 5.74) is 1.20. The Hall–Kier alpha value is -2.10. The minimum atomic E-state index is -0.279. The van der Waals surface area contributed by atoms with E-state index >= 15 is 0 Å². The first-order valence-electron chi connectivity index (χ1n) is 4.19. The average Bonchev–Trinajstić information content (AvgIpc) is 2.61. The zero-order valence-electron chi connectivity index (χ0n) is 7.14. The van der Waals surface area contributed by atoms with Crippen molar-refractivity contribution in [3.8, 4) is 0 Å². The van der Waals surface area contributed by atoms with E-state index in [1.54, 1.807) is 18.5 Å². The molecule has 4 heteroatoms. The monoisotopic (exact) mass is 183 g/mol. The molecule has 0 atom stereocenters. The first-order valence-corrected chi connectivity index (χ1v) is 4.19. The third kappa shape index (κ3) is 0.821. The predicted molar refractivity (Wildman–Crippen MR) is 50.6 cm³/mol. The Labute approximate surface area is 79.3 Å². The van der Waals surface area contributed by atoms with Crippen LogP contribution in [-0.2, 0) is 0 Å². The van der Waals surface area contributed by atoms with E-state index in [9.17, 15) is 4.79 Å². The molecule has 1 aromatic heterocycles. The quantitative estimate of drug-likeness (QED) is 0.629. The topological polar surface area (TPSA) is 54.7 Å². The lowest BCUT2D eigenvalue weighted by Crippen LogP contribution is -1.91. The second-order valence-corrected chi connectivity index (χ2v) is 3.06. The van der Waals surface area contributed by atoms with Crippen LogP contribution in [0.2, 0.25) is 0 Å². The van der Waals surface area contributed by atoms with Crippen molar-refractivity contribution in [1.82, 2.24) is 4.98 Å². The summed E-state index contributed by atoms with van der Waals surface area (Å²) in [5.74, 6) is -0.279. The van der Waals surface area contributed by atoms with Gasteiger partial charge in [0.15, 0.2) is 0 Å². The number of hydrogen-bond acceptors (Lipinski definition) is 3. The van der Waals surface area contributed by atoms with Crippen molar-refractivity contribution in [2.45, 2.75) is 0 Å².